The fraction of sp³-hybridized carbons (Fsp3) is 0.278. The fourth-order valence-electron chi connectivity index (χ4n) is 3.20. The Balaban J connectivity index is 2.11. The van der Waals surface area contributed by atoms with Gasteiger partial charge in [-0.2, -0.15) is 0 Å². The summed E-state index contributed by atoms with van der Waals surface area (Å²) in [4.78, 5) is 13.7. The molecular weight excluding hydrogens is 296 g/mol. The first-order chi connectivity index (χ1) is 10.6. The van der Waals surface area contributed by atoms with E-state index in [0.717, 1.165) is 12.1 Å². The van der Waals surface area contributed by atoms with Crippen LogP contribution in [0.1, 0.15) is 35.7 Å². The lowest BCUT2D eigenvalue weighted by Gasteiger charge is -2.40. The molecule has 0 saturated carbocycles. The third-order valence-electron chi connectivity index (χ3n) is 4.19. The van der Waals surface area contributed by atoms with E-state index in [4.69, 9.17) is 11.6 Å². The van der Waals surface area contributed by atoms with E-state index in [1.165, 1.54) is 18.1 Å². The van der Waals surface area contributed by atoms with Crippen molar-refractivity contribution in [3.8, 4) is 0 Å². The number of nitrogens with one attached hydrogen (secondary N) is 1. The lowest BCUT2D eigenvalue weighted by molar-refractivity contribution is -0.121. The summed E-state index contributed by atoms with van der Waals surface area (Å²) in [5.41, 5.74) is 3.46. The van der Waals surface area contributed by atoms with Gasteiger partial charge in [0.1, 0.15) is 6.17 Å². The van der Waals surface area contributed by atoms with Gasteiger partial charge >= 0.3 is 0 Å². The van der Waals surface area contributed by atoms with Gasteiger partial charge in [-0.05, 0) is 24.2 Å². The van der Waals surface area contributed by atoms with Crippen LogP contribution in [0, 0.1) is 0 Å². The summed E-state index contributed by atoms with van der Waals surface area (Å²) in [6.07, 6.45) is -0.179. The molecule has 0 bridgehead atoms. The summed E-state index contributed by atoms with van der Waals surface area (Å²) in [5.74, 6) is 0.200. The van der Waals surface area contributed by atoms with Crippen molar-refractivity contribution >= 4 is 17.5 Å². The lowest BCUT2D eigenvalue weighted by Crippen LogP contribution is -2.44. The Kier molecular flexibility index (Phi) is 4.19. The topological polar surface area (TPSA) is 32.3 Å². The van der Waals surface area contributed by atoms with Gasteiger partial charge in [0.25, 0.3) is 0 Å². The molecule has 1 N–H and O–H groups in total. The first kappa shape index (κ1) is 15.1. The maximum Gasteiger partial charge on any atom is 0.218 e. The highest BCUT2D eigenvalue weighted by atomic mass is 35.5. The van der Waals surface area contributed by atoms with Gasteiger partial charge in [0.05, 0.1) is 0 Å². The van der Waals surface area contributed by atoms with Crippen molar-refractivity contribution < 1.29 is 4.79 Å². The number of benzene rings is 2. The zero-order valence-corrected chi connectivity index (χ0v) is 13.5. The van der Waals surface area contributed by atoms with Gasteiger partial charge in [0.2, 0.25) is 5.91 Å². The number of halogens is 1. The first-order valence-electron chi connectivity index (χ1n) is 7.38. The standard InChI is InChI=1S/C18H19ClN2O/c1-12(22)20-18-17-14(9-6-10-16(17)19)15(11-21(18)2)13-7-4-3-5-8-13/h3-10,15,18H,11H2,1-2H3,(H,20,22). The summed E-state index contributed by atoms with van der Waals surface area (Å²) in [7, 11) is 2.02. The molecule has 0 radical (unpaired) electrons. The van der Waals surface area contributed by atoms with Crippen molar-refractivity contribution in [1.82, 2.24) is 10.2 Å². The SMILES string of the molecule is CC(=O)NC1c2c(Cl)cccc2C(c2ccccc2)CN1C. The maximum atomic E-state index is 11.5. The minimum absolute atomic E-state index is 0.0547. The van der Waals surface area contributed by atoms with Crippen LogP contribution in [0.2, 0.25) is 5.02 Å². The van der Waals surface area contributed by atoms with Crippen LogP contribution in [0.4, 0.5) is 0 Å². The fourth-order valence-corrected chi connectivity index (χ4v) is 3.49. The molecule has 114 valence electrons. The molecule has 0 spiro atoms. The second-order valence-corrected chi connectivity index (χ2v) is 6.16. The van der Waals surface area contributed by atoms with Gasteiger partial charge in [-0.15, -0.1) is 0 Å². The molecule has 1 aliphatic heterocycles. The van der Waals surface area contributed by atoms with Gasteiger partial charge in [-0.1, -0.05) is 54.1 Å². The van der Waals surface area contributed by atoms with Crippen molar-refractivity contribution in [2.24, 2.45) is 0 Å². The third kappa shape index (κ3) is 2.74. The van der Waals surface area contributed by atoms with Crippen molar-refractivity contribution in [3.05, 3.63) is 70.2 Å². The van der Waals surface area contributed by atoms with Crippen molar-refractivity contribution in [2.45, 2.75) is 19.0 Å². The molecule has 3 nitrogen and oxygen atoms in total. The predicted octanol–water partition coefficient (Wildman–Crippen LogP) is 3.55. The highest BCUT2D eigenvalue weighted by Gasteiger charge is 2.33. The van der Waals surface area contributed by atoms with Gasteiger partial charge in [-0.25, -0.2) is 0 Å². The average Bonchev–Trinajstić information content (AvgIpc) is 2.50. The zero-order valence-electron chi connectivity index (χ0n) is 12.7. The highest BCUT2D eigenvalue weighted by Crippen LogP contribution is 2.40. The van der Waals surface area contributed by atoms with Crippen LogP contribution in [0.25, 0.3) is 0 Å². The molecule has 2 atom stereocenters. The Morgan fingerprint density at radius 2 is 1.91 bits per heavy atom. The van der Waals surface area contributed by atoms with Gasteiger partial charge in [-0.3, -0.25) is 9.69 Å². The van der Waals surface area contributed by atoms with Crippen LogP contribution < -0.4 is 5.32 Å². The number of nitrogens with zero attached hydrogens (tertiary/aromatic N) is 1. The lowest BCUT2D eigenvalue weighted by atomic mass is 9.83. The molecule has 0 fully saturated rings. The van der Waals surface area contributed by atoms with Crippen LogP contribution >= 0.6 is 11.6 Å². The number of amides is 1. The van der Waals surface area contributed by atoms with Crippen LogP contribution in [-0.2, 0) is 4.79 Å². The Labute approximate surface area is 135 Å². The van der Waals surface area contributed by atoms with Gasteiger partial charge in [0, 0.05) is 30.0 Å². The predicted molar refractivity (Wildman–Crippen MR) is 88.9 cm³/mol. The Hall–Kier alpha value is -1.84. The van der Waals surface area contributed by atoms with E-state index in [2.05, 4.69) is 40.5 Å². The molecule has 0 aromatic heterocycles. The highest BCUT2D eigenvalue weighted by molar-refractivity contribution is 6.31. The smallest absolute Gasteiger partial charge is 0.218 e. The van der Waals surface area contributed by atoms with Crippen LogP contribution in [-0.4, -0.2) is 24.4 Å². The van der Waals surface area contributed by atoms with Crippen molar-refractivity contribution in [1.29, 1.82) is 0 Å². The van der Waals surface area contributed by atoms with Crippen LogP contribution in [0.5, 0.6) is 0 Å². The minimum Gasteiger partial charge on any atom is -0.337 e. The molecule has 0 saturated heterocycles. The molecule has 1 amide bonds. The molecule has 22 heavy (non-hydrogen) atoms. The minimum atomic E-state index is -0.179. The molecule has 2 aromatic carbocycles. The summed E-state index contributed by atoms with van der Waals surface area (Å²) < 4.78 is 0. The Morgan fingerprint density at radius 3 is 2.59 bits per heavy atom. The quantitative estimate of drug-likeness (QED) is 0.919. The molecule has 1 heterocycles. The van der Waals surface area contributed by atoms with Gasteiger partial charge in [0.15, 0.2) is 0 Å². The molecule has 0 aliphatic carbocycles. The molecular formula is C18H19ClN2O. The Morgan fingerprint density at radius 1 is 1.18 bits per heavy atom. The number of hydrogen-bond acceptors (Lipinski definition) is 2. The number of rotatable bonds is 2. The molecule has 2 aromatic rings. The Bertz CT molecular complexity index is 687. The van der Waals surface area contributed by atoms with Crippen molar-refractivity contribution in [3.63, 3.8) is 0 Å². The van der Waals surface area contributed by atoms with E-state index in [1.54, 1.807) is 0 Å². The van der Waals surface area contributed by atoms with Crippen LogP contribution in [0.3, 0.4) is 0 Å². The summed E-state index contributed by atoms with van der Waals surface area (Å²) >= 11 is 6.46. The van der Waals surface area contributed by atoms with Gasteiger partial charge < -0.3 is 5.32 Å². The van der Waals surface area contributed by atoms with E-state index in [-0.39, 0.29) is 18.0 Å². The van der Waals surface area contributed by atoms with Crippen molar-refractivity contribution in [2.75, 3.05) is 13.6 Å². The number of fused-ring (bicyclic) bond motifs is 1. The number of carbonyl (C=O) groups excluding carboxylic acids is 1. The van der Waals surface area contributed by atoms with E-state index in [1.807, 2.05) is 25.2 Å². The molecule has 4 heteroatoms. The zero-order chi connectivity index (χ0) is 15.7. The number of hydrogen-bond donors (Lipinski definition) is 1. The monoisotopic (exact) mass is 314 g/mol. The second kappa shape index (κ2) is 6.11. The van der Waals surface area contributed by atoms with E-state index >= 15 is 0 Å². The second-order valence-electron chi connectivity index (χ2n) is 5.75. The molecule has 1 aliphatic rings. The average molecular weight is 315 g/mol. The van der Waals surface area contributed by atoms with E-state index < -0.39 is 0 Å². The largest absolute Gasteiger partial charge is 0.337 e. The maximum absolute atomic E-state index is 11.5. The van der Waals surface area contributed by atoms with E-state index in [9.17, 15) is 4.79 Å². The summed E-state index contributed by atoms with van der Waals surface area (Å²) in [5, 5.41) is 3.70. The number of likely N-dealkylation sites (N-methyl/N-ethyl adjacent to an activating group) is 1. The molecule has 2 unspecified atom stereocenters. The third-order valence-corrected chi connectivity index (χ3v) is 4.52. The number of carbonyl (C=O) groups is 1. The van der Waals surface area contributed by atoms with Crippen LogP contribution in [0.15, 0.2) is 48.5 Å². The van der Waals surface area contributed by atoms with E-state index in [0.29, 0.717) is 5.02 Å². The first-order valence-corrected chi connectivity index (χ1v) is 7.76. The summed E-state index contributed by atoms with van der Waals surface area (Å²) in [6, 6.07) is 16.4. The summed E-state index contributed by atoms with van der Waals surface area (Å²) in [6.45, 7) is 2.37. The normalized spacial score (nSPS) is 21.2. The molecule has 3 rings (SSSR count).